The Kier molecular flexibility index (Phi) is 5.28. The maximum Gasteiger partial charge on any atom is 0.254 e. The van der Waals surface area contributed by atoms with Crippen LogP contribution in [0.15, 0.2) is 41.5 Å². The smallest absolute Gasteiger partial charge is 0.254 e. The van der Waals surface area contributed by atoms with Crippen LogP contribution in [0.5, 0.6) is 0 Å². The highest BCUT2D eigenvalue weighted by atomic mass is 16.2. The number of rotatable bonds is 4. The predicted octanol–water partition coefficient (Wildman–Crippen LogP) is 1.53. The minimum atomic E-state index is -0.127. The molecule has 0 unspecified atom stereocenters. The minimum absolute atomic E-state index is 0.0611. The molecule has 1 aliphatic heterocycles. The van der Waals surface area contributed by atoms with Crippen LogP contribution < -0.4 is 5.56 Å². The van der Waals surface area contributed by atoms with Crippen LogP contribution in [0.25, 0.3) is 0 Å². The molecule has 0 radical (unpaired) electrons. The van der Waals surface area contributed by atoms with E-state index in [0.29, 0.717) is 25.2 Å². The first-order valence-electron chi connectivity index (χ1n) is 8.71. The van der Waals surface area contributed by atoms with Crippen molar-refractivity contribution < 1.29 is 4.79 Å². The van der Waals surface area contributed by atoms with E-state index in [4.69, 9.17) is 0 Å². The van der Waals surface area contributed by atoms with E-state index < -0.39 is 0 Å². The molecule has 6 heteroatoms. The van der Waals surface area contributed by atoms with Gasteiger partial charge >= 0.3 is 0 Å². The summed E-state index contributed by atoms with van der Waals surface area (Å²) < 4.78 is 1.59. The molecule has 0 aliphatic carbocycles. The van der Waals surface area contributed by atoms with Gasteiger partial charge in [0.15, 0.2) is 0 Å². The summed E-state index contributed by atoms with van der Waals surface area (Å²) in [5, 5.41) is 0. The summed E-state index contributed by atoms with van der Waals surface area (Å²) in [5.74, 6) is -0.0611. The maximum absolute atomic E-state index is 12.6. The predicted molar refractivity (Wildman–Crippen MR) is 96.5 cm³/mol. The average molecular weight is 340 g/mol. The van der Waals surface area contributed by atoms with Gasteiger partial charge in [-0.15, -0.1) is 0 Å². The fraction of sp³-hybridized carbons (Fsp3) is 0.421. The second-order valence-electron chi connectivity index (χ2n) is 6.38. The van der Waals surface area contributed by atoms with Gasteiger partial charge < -0.3 is 9.47 Å². The molecule has 3 rings (SSSR count). The van der Waals surface area contributed by atoms with Crippen LogP contribution in [0.1, 0.15) is 28.5 Å². The normalized spacial score (nSPS) is 15.4. The molecule has 1 amide bonds. The van der Waals surface area contributed by atoms with Gasteiger partial charge in [0, 0.05) is 63.3 Å². The molecule has 1 fully saturated rings. The summed E-state index contributed by atoms with van der Waals surface area (Å²) in [6, 6.07) is 7.19. The summed E-state index contributed by atoms with van der Waals surface area (Å²) in [6.07, 6.45) is 3.51. The van der Waals surface area contributed by atoms with E-state index >= 15 is 0 Å². The fourth-order valence-corrected chi connectivity index (χ4v) is 3.09. The molecule has 0 saturated carbocycles. The van der Waals surface area contributed by atoms with Crippen molar-refractivity contribution in [2.24, 2.45) is 0 Å². The zero-order valence-corrected chi connectivity index (χ0v) is 14.8. The summed E-state index contributed by atoms with van der Waals surface area (Å²) in [5.41, 5.74) is 2.63. The molecule has 2 aromatic rings. The Morgan fingerprint density at radius 1 is 1.20 bits per heavy atom. The lowest BCUT2D eigenvalue weighted by atomic mass is 10.2. The highest BCUT2D eigenvalue weighted by Gasteiger charge is 2.23. The number of pyridine rings is 2. The van der Waals surface area contributed by atoms with Gasteiger partial charge in [-0.2, -0.15) is 0 Å². The number of aromatic nitrogens is 2. The molecule has 0 atom stereocenters. The highest BCUT2D eigenvalue weighted by Crippen LogP contribution is 2.12. The van der Waals surface area contributed by atoms with Crippen LogP contribution in [-0.2, 0) is 13.1 Å². The Labute approximate surface area is 147 Å². The van der Waals surface area contributed by atoms with E-state index in [-0.39, 0.29) is 11.5 Å². The Bertz CT molecular complexity index is 807. The van der Waals surface area contributed by atoms with Gasteiger partial charge in [0.25, 0.3) is 11.5 Å². The lowest BCUT2D eigenvalue weighted by Gasteiger charge is -2.34. The largest absolute Gasteiger partial charge is 0.336 e. The third-order valence-electron chi connectivity index (χ3n) is 4.73. The highest BCUT2D eigenvalue weighted by molar-refractivity contribution is 5.94. The SMILES string of the molecule is CCn1ccc(C(=O)N2CCN(Cc3ncccc3C)CC2)cc1=O. The fourth-order valence-electron chi connectivity index (χ4n) is 3.09. The van der Waals surface area contributed by atoms with Crippen molar-refractivity contribution in [1.82, 2.24) is 19.4 Å². The lowest BCUT2D eigenvalue weighted by Crippen LogP contribution is -2.48. The van der Waals surface area contributed by atoms with E-state index in [1.54, 1.807) is 16.8 Å². The monoisotopic (exact) mass is 340 g/mol. The Hall–Kier alpha value is -2.47. The van der Waals surface area contributed by atoms with Gasteiger partial charge in [0.1, 0.15) is 0 Å². The zero-order valence-electron chi connectivity index (χ0n) is 14.8. The van der Waals surface area contributed by atoms with E-state index in [9.17, 15) is 9.59 Å². The molecular formula is C19H24N4O2. The van der Waals surface area contributed by atoms with Crippen molar-refractivity contribution >= 4 is 5.91 Å². The number of amides is 1. The molecule has 25 heavy (non-hydrogen) atoms. The van der Waals surface area contributed by atoms with E-state index in [1.165, 1.54) is 11.6 Å². The van der Waals surface area contributed by atoms with Crippen LogP contribution in [0.3, 0.4) is 0 Å². The molecule has 0 aromatic carbocycles. The third kappa shape index (κ3) is 3.96. The van der Waals surface area contributed by atoms with Crippen LogP contribution in [-0.4, -0.2) is 51.4 Å². The van der Waals surface area contributed by atoms with Gasteiger partial charge in [-0.1, -0.05) is 6.07 Å². The first kappa shape index (κ1) is 17.4. The molecule has 1 saturated heterocycles. The number of carbonyl (C=O) groups excluding carboxylic acids is 1. The molecule has 132 valence electrons. The Morgan fingerprint density at radius 3 is 2.60 bits per heavy atom. The van der Waals surface area contributed by atoms with Crippen LogP contribution in [0.2, 0.25) is 0 Å². The van der Waals surface area contributed by atoms with Crippen molar-refractivity contribution in [3.05, 3.63) is 63.8 Å². The molecule has 0 spiro atoms. The summed E-state index contributed by atoms with van der Waals surface area (Å²) in [4.78, 5) is 33.1. The molecule has 6 nitrogen and oxygen atoms in total. The van der Waals surface area contributed by atoms with Crippen molar-refractivity contribution in [1.29, 1.82) is 0 Å². The van der Waals surface area contributed by atoms with E-state index in [1.807, 2.05) is 24.1 Å². The Morgan fingerprint density at radius 2 is 1.96 bits per heavy atom. The Balaban J connectivity index is 1.60. The summed E-state index contributed by atoms with van der Waals surface area (Å²) in [7, 11) is 0. The van der Waals surface area contributed by atoms with E-state index in [2.05, 4.69) is 22.9 Å². The number of carbonyl (C=O) groups is 1. The molecule has 2 aromatic heterocycles. The zero-order chi connectivity index (χ0) is 17.8. The van der Waals surface area contributed by atoms with Crippen molar-refractivity contribution in [2.45, 2.75) is 26.9 Å². The van der Waals surface area contributed by atoms with Crippen molar-refractivity contribution in [3.8, 4) is 0 Å². The first-order valence-corrected chi connectivity index (χ1v) is 8.71. The summed E-state index contributed by atoms with van der Waals surface area (Å²) >= 11 is 0. The average Bonchev–Trinajstić information content (AvgIpc) is 2.63. The van der Waals surface area contributed by atoms with Gasteiger partial charge in [0.05, 0.1) is 5.69 Å². The molecule has 0 bridgehead atoms. The van der Waals surface area contributed by atoms with Crippen molar-refractivity contribution in [3.63, 3.8) is 0 Å². The summed E-state index contributed by atoms with van der Waals surface area (Å²) in [6.45, 7) is 8.36. The number of piperazine rings is 1. The number of hydrogen-bond donors (Lipinski definition) is 0. The standard InChI is InChI=1S/C19H24N4O2/c1-3-22-8-6-16(13-18(22)24)19(25)23-11-9-21(10-12-23)14-17-15(2)5-4-7-20-17/h4-8,13H,3,9-12,14H2,1-2H3. The molecule has 0 N–H and O–H groups in total. The second kappa shape index (κ2) is 7.61. The minimum Gasteiger partial charge on any atom is -0.336 e. The molecule has 1 aliphatic rings. The second-order valence-corrected chi connectivity index (χ2v) is 6.38. The maximum atomic E-state index is 12.6. The van der Waals surface area contributed by atoms with Crippen LogP contribution >= 0.6 is 0 Å². The van der Waals surface area contributed by atoms with Gasteiger partial charge in [-0.25, -0.2) is 0 Å². The molecule has 3 heterocycles. The number of aryl methyl sites for hydroxylation is 2. The van der Waals surface area contributed by atoms with Crippen LogP contribution in [0, 0.1) is 6.92 Å². The molecular weight excluding hydrogens is 316 g/mol. The quantitative estimate of drug-likeness (QED) is 0.847. The van der Waals surface area contributed by atoms with Crippen LogP contribution in [0.4, 0.5) is 0 Å². The number of hydrogen-bond acceptors (Lipinski definition) is 4. The topological polar surface area (TPSA) is 58.4 Å². The lowest BCUT2D eigenvalue weighted by molar-refractivity contribution is 0.0626. The van der Waals surface area contributed by atoms with Gasteiger partial charge in [-0.3, -0.25) is 19.5 Å². The number of nitrogens with zero attached hydrogens (tertiary/aromatic N) is 4. The van der Waals surface area contributed by atoms with E-state index in [0.717, 1.165) is 25.3 Å². The van der Waals surface area contributed by atoms with Gasteiger partial charge in [0.2, 0.25) is 0 Å². The third-order valence-corrected chi connectivity index (χ3v) is 4.73. The first-order chi connectivity index (χ1) is 12.1. The van der Waals surface area contributed by atoms with Crippen molar-refractivity contribution in [2.75, 3.05) is 26.2 Å². The van der Waals surface area contributed by atoms with Gasteiger partial charge in [-0.05, 0) is 31.5 Å².